The molecule has 1 aliphatic rings. The molecular formula is C11H12Cl2N2S. The van der Waals surface area contributed by atoms with Gasteiger partial charge in [-0.15, -0.1) is 0 Å². The lowest BCUT2D eigenvalue weighted by Crippen LogP contribution is -2.18. The van der Waals surface area contributed by atoms with E-state index in [2.05, 4.69) is 17.2 Å². The lowest BCUT2D eigenvalue weighted by Gasteiger charge is -2.18. The van der Waals surface area contributed by atoms with Crippen LogP contribution >= 0.6 is 35.0 Å². The maximum atomic E-state index is 5.92. The molecule has 0 amide bonds. The average molecular weight is 275 g/mol. The van der Waals surface area contributed by atoms with E-state index in [1.54, 1.807) is 17.8 Å². The van der Waals surface area contributed by atoms with E-state index in [1.807, 2.05) is 12.1 Å². The number of hydrogen-bond acceptors (Lipinski definition) is 3. The number of hydrogen-bond donors (Lipinski definition) is 1. The normalized spacial score (nSPS) is 20.4. The summed E-state index contributed by atoms with van der Waals surface area (Å²) in [4.78, 5) is 4.45. The van der Waals surface area contributed by atoms with Gasteiger partial charge in [0.1, 0.15) is 0 Å². The zero-order valence-corrected chi connectivity index (χ0v) is 11.2. The molecular weight excluding hydrogens is 263 g/mol. The second-order valence-corrected chi connectivity index (χ2v) is 5.73. The quantitative estimate of drug-likeness (QED) is 0.832. The van der Waals surface area contributed by atoms with Crippen molar-refractivity contribution in [1.29, 1.82) is 0 Å². The minimum absolute atomic E-state index is 0.629. The van der Waals surface area contributed by atoms with Gasteiger partial charge in [0.2, 0.25) is 0 Å². The van der Waals surface area contributed by atoms with Gasteiger partial charge in [0.15, 0.2) is 5.17 Å². The highest BCUT2D eigenvalue weighted by atomic mass is 35.5. The lowest BCUT2D eigenvalue weighted by atomic mass is 10.2. The Morgan fingerprint density at radius 1 is 1.31 bits per heavy atom. The average Bonchev–Trinajstić information content (AvgIpc) is 2.20. The lowest BCUT2D eigenvalue weighted by molar-refractivity contribution is 0.674. The first-order chi connectivity index (χ1) is 7.63. The number of amidine groups is 1. The molecule has 0 fully saturated rings. The maximum absolute atomic E-state index is 5.92. The van der Waals surface area contributed by atoms with Gasteiger partial charge in [0.25, 0.3) is 0 Å². The van der Waals surface area contributed by atoms with Crippen LogP contribution in [0.4, 0.5) is 5.69 Å². The fourth-order valence-electron chi connectivity index (χ4n) is 1.38. The summed E-state index contributed by atoms with van der Waals surface area (Å²) in [6.45, 7) is 3.08. The fraction of sp³-hybridized carbons (Fsp3) is 0.364. The van der Waals surface area contributed by atoms with Crippen LogP contribution in [0, 0.1) is 5.92 Å². The van der Waals surface area contributed by atoms with Crippen molar-refractivity contribution in [3.63, 3.8) is 0 Å². The van der Waals surface area contributed by atoms with E-state index in [4.69, 9.17) is 23.2 Å². The Morgan fingerprint density at radius 3 is 2.56 bits per heavy atom. The van der Waals surface area contributed by atoms with Crippen molar-refractivity contribution in [2.45, 2.75) is 6.92 Å². The first kappa shape index (κ1) is 12.1. The molecule has 1 atom stereocenters. The number of aliphatic imine (C=N–C) groups is 1. The van der Waals surface area contributed by atoms with E-state index in [9.17, 15) is 0 Å². The Balaban J connectivity index is 2.09. The van der Waals surface area contributed by atoms with Crippen LogP contribution in [-0.2, 0) is 0 Å². The van der Waals surface area contributed by atoms with Crippen LogP contribution in [-0.4, -0.2) is 17.5 Å². The van der Waals surface area contributed by atoms with Crippen molar-refractivity contribution in [3.8, 4) is 0 Å². The predicted octanol–water partition coefficient (Wildman–Crippen LogP) is 4.14. The van der Waals surface area contributed by atoms with Crippen LogP contribution in [0.1, 0.15) is 6.92 Å². The number of thioether (sulfide) groups is 1. The molecule has 1 aromatic rings. The summed E-state index contributed by atoms with van der Waals surface area (Å²) in [6.07, 6.45) is 0. The molecule has 1 aromatic carbocycles. The zero-order valence-electron chi connectivity index (χ0n) is 8.84. The van der Waals surface area contributed by atoms with Crippen LogP contribution in [0.25, 0.3) is 0 Å². The number of nitrogens with one attached hydrogen (secondary N) is 1. The molecule has 0 radical (unpaired) electrons. The van der Waals surface area contributed by atoms with Crippen molar-refractivity contribution in [2.75, 3.05) is 17.6 Å². The van der Waals surface area contributed by atoms with Gasteiger partial charge in [-0.25, -0.2) is 0 Å². The molecule has 1 heterocycles. The number of rotatable bonds is 1. The fourth-order valence-corrected chi connectivity index (χ4v) is 2.81. The third kappa shape index (κ3) is 3.30. The summed E-state index contributed by atoms with van der Waals surface area (Å²) in [6, 6.07) is 5.40. The molecule has 1 N–H and O–H groups in total. The Kier molecular flexibility index (Phi) is 4.00. The molecule has 0 bridgehead atoms. The highest BCUT2D eigenvalue weighted by Crippen LogP contribution is 2.25. The molecule has 1 aliphatic heterocycles. The predicted molar refractivity (Wildman–Crippen MR) is 74.0 cm³/mol. The molecule has 86 valence electrons. The van der Waals surface area contributed by atoms with Crippen molar-refractivity contribution in [3.05, 3.63) is 28.2 Å². The minimum Gasteiger partial charge on any atom is -0.335 e. The van der Waals surface area contributed by atoms with Gasteiger partial charge < -0.3 is 5.32 Å². The number of benzene rings is 1. The summed E-state index contributed by atoms with van der Waals surface area (Å²) in [5.41, 5.74) is 0.887. The second-order valence-electron chi connectivity index (χ2n) is 3.85. The second kappa shape index (κ2) is 5.30. The molecule has 0 saturated carbocycles. The molecule has 16 heavy (non-hydrogen) atoms. The van der Waals surface area contributed by atoms with Gasteiger partial charge in [-0.2, -0.15) is 0 Å². The van der Waals surface area contributed by atoms with Crippen LogP contribution in [0.2, 0.25) is 10.0 Å². The van der Waals surface area contributed by atoms with Crippen LogP contribution in [0.15, 0.2) is 23.2 Å². The minimum atomic E-state index is 0.629. The van der Waals surface area contributed by atoms with E-state index in [-0.39, 0.29) is 0 Å². The maximum Gasteiger partial charge on any atom is 0.161 e. The Bertz CT molecular complexity index is 400. The number of halogens is 2. The molecule has 0 spiro atoms. The van der Waals surface area contributed by atoms with Gasteiger partial charge in [-0.05, 0) is 24.1 Å². The summed E-state index contributed by atoms with van der Waals surface area (Å²) in [7, 11) is 0. The first-order valence-corrected chi connectivity index (χ1v) is 6.78. The van der Waals surface area contributed by atoms with Gasteiger partial charge in [0, 0.05) is 28.0 Å². The Hall–Kier alpha value is -0.380. The molecule has 2 nitrogen and oxygen atoms in total. The smallest absolute Gasteiger partial charge is 0.161 e. The van der Waals surface area contributed by atoms with Gasteiger partial charge >= 0.3 is 0 Å². The van der Waals surface area contributed by atoms with Crippen molar-refractivity contribution in [2.24, 2.45) is 10.9 Å². The summed E-state index contributed by atoms with van der Waals surface area (Å²) < 4.78 is 0. The van der Waals surface area contributed by atoms with Crippen molar-refractivity contribution >= 4 is 45.8 Å². The SMILES string of the molecule is CC1CN=C(Nc2cc(Cl)cc(Cl)c2)SC1. The Labute approximate surface area is 109 Å². The molecule has 2 rings (SSSR count). The van der Waals surface area contributed by atoms with Crippen molar-refractivity contribution in [1.82, 2.24) is 0 Å². The standard InChI is InChI=1S/C11H12Cl2N2S/c1-7-5-14-11(16-6-7)15-10-3-8(12)2-9(13)4-10/h2-4,7H,5-6H2,1H3,(H,14,15). The summed E-state index contributed by atoms with van der Waals surface area (Å²) >= 11 is 13.6. The summed E-state index contributed by atoms with van der Waals surface area (Å²) in [5.74, 6) is 1.75. The largest absolute Gasteiger partial charge is 0.335 e. The zero-order chi connectivity index (χ0) is 11.5. The molecule has 5 heteroatoms. The van der Waals surface area contributed by atoms with Gasteiger partial charge in [0.05, 0.1) is 0 Å². The molecule has 0 aliphatic carbocycles. The third-order valence-electron chi connectivity index (χ3n) is 2.16. The van der Waals surface area contributed by atoms with Crippen LogP contribution in [0.3, 0.4) is 0 Å². The van der Waals surface area contributed by atoms with Crippen LogP contribution in [0.5, 0.6) is 0 Å². The topological polar surface area (TPSA) is 24.4 Å². The Morgan fingerprint density at radius 2 is 2.00 bits per heavy atom. The van der Waals surface area contributed by atoms with Crippen LogP contribution < -0.4 is 5.32 Å². The first-order valence-electron chi connectivity index (χ1n) is 5.04. The van der Waals surface area contributed by atoms with Gasteiger partial charge in [-0.3, -0.25) is 4.99 Å². The van der Waals surface area contributed by atoms with Crippen molar-refractivity contribution < 1.29 is 0 Å². The third-order valence-corrected chi connectivity index (χ3v) is 3.84. The highest BCUT2D eigenvalue weighted by molar-refractivity contribution is 8.14. The highest BCUT2D eigenvalue weighted by Gasteiger charge is 2.12. The van der Waals surface area contributed by atoms with E-state index >= 15 is 0 Å². The van der Waals surface area contributed by atoms with E-state index < -0.39 is 0 Å². The molecule has 0 saturated heterocycles. The summed E-state index contributed by atoms with van der Waals surface area (Å²) in [5, 5.41) is 5.43. The van der Waals surface area contributed by atoms with E-state index in [1.165, 1.54) is 0 Å². The molecule has 0 aromatic heterocycles. The van der Waals surface area contributed by atoms with E-state index in [0.717, 1.165) is 23.2 Å². The number of anilines is 1. The van der Waals surface area contributed by atoms with E-state index in [0.29, 0.717) is 16.0 Å². The van der Waals surface area contributed by atoms with Gasteiger partial charge in [-0.1, -0.05) is 41.9 Å². The number of nitrogens with zero attached hydrogens (tertiary/aromatic N) is 1. The monoisotopic (exact) mass is 274 g/mol. The molecule has 1 unspecified atom stereocenters.